The Labute approximate surface area is 219 Å². The van der Waals surface area contributed by atoms with Gasteiger partial charge in [0.15, 0.2) is 0 Å². The number of anilines is 2. The summed E-state index contributed by atoms with van der Waals surface area (Å²) in [6.45, 7) is 3.83. The predicted octanol–water partition coefficient (Wildman–Crippen LogP) is 0.203. The number of fused-ring (bicyclic) bond motifs is 3. The zero-order valence-electron chi connectivity index (χ0n) is 21.0. The molecule has 15 heteroatoms. The maximum Gasteiger partial charge on any atom is 0.417 e. The van der Waals surface area contributed by atoms with Crippen LogP contribution in [0.4, 0.5) is 24.7 Å². The summed E-state index contributed by atoms with van der Waals surface area (Å²) >= 11 is 0. The molecule has 2 aliphatic heterocycles. The maximum atomic E-state index is 13.1. The van der Waals surface area contributed by atoms with Gasteiger partial charge in [-0.3, -0.25) is 9.59 Å². The number of halogens is 3. The number of pyridine rings is 1. The predicted molar refractivity (Wildman–Crippen MR) is 134 cm³/mol. The fourth-order valence-electron chi connectivity index (χ4n) is 4.48. The lowest BCUT2D eigenvalue weighted by molar-refractivity contribution is -0.138. The molecule has 11 nitrogen and oxygen atoms in total. The summed E-state index contributed by atoms with van der Waals surface area (Å²) in [7, 11) is 0.618. The Balaban J connectivity index is 1.28. The molecule has 0 spiro atoms. The average Bonchev–Trinajstić information content (AvgIpc) is 3.04. The molecular weight excluding hydrogens is 523 g/mol. The van der Waals surface area contributed by atoms with E-state index in [0.29, 0.717) is 46.9 Å². The van der Waals surface area contributed by atoms with Crippen LogP contribution in [0.3, 0.4) is 0 Å². The van der Waals surface area contributed by atoms with Gasteiger partial charge in [-0.2, -0.15) is 23.5 Å². The van der Waals surface area contributed by atoms with Gasteiger partial charge in [-0.05, 0) is 13.0 Å². The standard InChI is InChI=1S/C23H28F3N7O4Si/c1-22(38,30-18-9-29-31-21(35)17(18)7-27)13-36-5-2-19(34)32-3-4-33-16(10-32)12-37-11-14-6-15(23(24,25)26)8-28-20(14)33/h6,8-9,16H,2-5,10-13H2,1,38H3,(H2,30,31,35)/t16-,22+/m1/s1. The summed E-state index contributed by atoms with van der Waals surface area (Å²) in [6.07, 6.45) is -2.11. The highest BCUT2D eigenvalue weighted by Gasteiger charge is 2.36. The highest BCUT2D eigenvalue weighted by Crippen LogP contribution is 2.34. The lowest BCUT2D eigenvalue weighted by Gasteiger charge is -2.41. The van der Waals surface area contributed by atoms with Gasteiger partial charge in [-0.15, -0.1) is 0 Å². The first-order valence-corrected chi connectivity index (χ1v) is 13.0. The molecule has 0 radical (unpaired) electrons. The second-order valence-corrected chi connectivity index (χ2v) is 12.0. The van der Waals surface area contributed by atoms with E-state index in [9.17, 15) is 28.0 Å². The number of aromatic amines is 1. The number of alkyl halides is 3. The van der Waals surface area contributed by atoms with E-state index >= 15 is 0 Å². The fraction of sp³-hybridized carbons (Fsp3) is 0.522. The second-order valence-electron chi connectivity index (χ2n) is 9.82. The number of nitriles is 1. The minimum absolute atomic E-state index is 0.0253. The van der Waals surface area contributed by atoms with E-state index < -0.39 is 22.5 Å². The van der Waals surface area contributed by atoms with Crippen molar-refractivity contribution in [3.05, 3.63) is 45.5 Å². The number of nitrogens with one attached hydrogen (secondary N) is 2. The molecule has 0 bridgehead atoms. The fourth-order valence-corrected chi connectivity index (χ4v) is 4.95. The van der Waals surface area contributed by atoms with Gasteiger partial charge in [0.25, 0.3) is 5.56 Å². The Morgan fingerprint density at radius 3 is 2.92 bits per heavy atom. The van der Waals surface area contributed by atoms with E-state index in [4.69, 9.17) is 9.47 Å². The number of carbonyl (C=O) groups is 1. The lowest BCUT2D eigenvalue weighted by Crippen LogP contribution is -2.56. The minimum Gasteiger partial charge on any atom is -0.379 e. The number of hydrogen-bond donors (Lipinski definition) is 2. The normalized spacial score (nSPS) is 19.1. The number of aromatic nitrogens is 3. The molecule has 2 aromatic heterocycles. The molecule has 0 saturated carbocycles. The van der Waals surface area contributed by atoms with E-state index in [0.717, 1.165) is 12.3 Å². The molecule has 2 aromatic rings. The number of nitrogens with zero attached hydrogens (tertiary/aromatic N) is 5. The Kier molecular flexibility index (Phi) is 8.04. The van der Waals surface area contributed by atoms with E-state index in [1.165, 1.54) is 6.20 Å². The van der Waals surface area contributed by atoms with Gasteiger partial charge >= 0.3 is 6.18 Å². The lowest BCUT2D eigenvalue weighted by atomic mass is 10.1. The van der Waals surface area contributed by atoms with Crippen LogP contribution in [0, 0.1) is 11.3 Å². The van der Waals surface area contributed by atoms with Crippen LogP contribution in [0.2, 0.25) is 0 Å². The highest BCUT2D eigenvalue weighted by atomic mass is 28.1. The summed E-state index contributed by atoms with van der Waals surface area (Å²) in [5, 5.41) is 17.8. The molecule has 4 rings (SSSR count). The van der Waals surface area contributed by atoms with Gasteiger partial charge in [-0.1, -0.05) is 0 Å². The summed E-state index contributed by atoms with van der Waals surface area (Å²) < 4.78 is 50.7. The van der Waals surface area contributed by atoms with Crippen molar-refractivity contribution in [2.45, 2.75) is 37.3 Å². The van der Waals surface area contributed by atoms with Crippen molar-refractivity contribution in [1.29, 1.82) is 5.26 Å². The van der Waals surface area contributed by atoms with Crippen LogP contribution in [0.25, 0.3) is 0 Å². The summed E-state index contributed by atoms with van der Waals surface area (Å²) in [5.74, 6) is 0.369. The van der Waals surface area contributed by atoms with Gasteiger partial charge in [0.2, 0.25) is 5.91 Å². The van der Waals surface area contributed by atoms with E-state index in [1.807, 2.05) is 17.9 Å². The van der Waals surface area contributed by atoms with Crippen molar-refractivity contribution in [2.75, 3.05) is 49.7 Å². The van der Waals surface area contributed by atoms with Gasteiger partial charge in [0.05, 0.1) is 56.3 Å². The summed E-state index contributed by atoms with van der Waals surface area (Å²) in [5.41, 5.74) is -0.744. The van der Waals surface area contributed by atoms with Crippen LogP contribution >= 0.6 is 0 Å². The molecule has 1 saturated heterocycles. The van der Waals surface area contributed by atoms with E-state index in [-0.39, 0.29) is 50.4 Å². The number of carbonyl (C=O) groups excluding carboxylic acids is 1. The summed E-state index contributed by atoms with van der Waals surface area (Å²) in [6, 6.07) is 2.72. The molecule has 2 N–H and O–H groups in total. The van der Waals surface area contributed by atoms with Crippen LogP contribution in [0.5, 0.6) is 0 Å². The average molecular weight is 552 g/mol. The second kappa shape index (κ2) is 11.1. The molecule has 38 heavy (non-hydrogen) atoms. The van der Waals surface area contributed by atoms with Gasteiger partial charge in [-0.25, -0.2) is 10.1 Å². The molecule has 2 atom stereocenters. The Bertz CT molecular complexity index is 1280. The number of H-pyrrole nitrogens is 1. The first-order valence-electron chi connectivity index (χ1n) is 12.0. The summed E-state index contributed by atoms with van der Waals surface area (Å²) in [4.78, 5) is 32.3. The molecule has 4 heterocycles. The van der Waals surface area contributed by atoms with Crippen molar-refractivity contribution in [3.8, 4) is 6.07 Å². The molecule has 0 aromatic carbocycles. The first kappa shape index (κ1) is 27.5. The van der Waals surface area contributed by atoms with Gasteiger partial charge < -0.3 is 24.6 Å². The zero-order valence-corrected chi connectivity index (χ0v) is 23.0. The zero-order chi connectivity index (χ0) is 27.5. The van der Waals surface area contributed by atoms with Crippen molar-refractivity contribution >= 4 is 27.7 Å². The maximum absolute atomic E-state index is 13.1. The van der Waals surface area contributed by atoms with Crippen LogP contribution in [0.15, 0.2) is 23.3 Å². The monoisotopic (exact) mass is 551 g/mol. The van der Waals surface area contributed by atoms with E-state index in [1.54, 1.807) is 4.90 Å². The third-order valence-electron chi connectivity index (χ3n) is 6.31. The molecule has 0 unspecified atom stereocenters. The smallest absolute Gasteiger partial charge is 0.379 e. The first-order chi connectivity index (χ1) is 18.0. The Hall–Kier alpha value is -3.48. The molecule has 0 aliphatic carbocycles. The third-order valence-corrected chi connectivity index (χ3v) is 6.85. The largest absolute Gasteiger partial charge is 0.417 e. The number of rotatable bonds is 7. The molecule has 1 amide bonds. The van der Waals surface area contributed by atoms with Crippen LogP contribution in [0.1, 0.15) is 30.0 Å². The SMILES string of the molecule is C[C@]([SiH3])(COCCC(=O)N1CCN2c3ncc(C(F)(F)F)cc3COC[C@H]2C1)Nc1cn[nH]c(=O)c1C#N. The van der Waals surface area contributed by atoms with Crippen molar-refractivity contribution < 1.29 is 27.4 Å². The van der Waals surface area contributed by atoms with Crippen LogP contribution in [-0.2, 0) is 27.1 Å². The molecule has 1 fully saturated rings. The minimum atomic E-state index is -4.48. The van der Waals surface area contributed by atoms with Gasteiger partial charge in [0, 0.05) is 46.8 Å². The van der Waals surface area contributed by atoms with Crippen molar-refractivity contribution in [1.82, 2.24) is 20.1 Å². The van der Waals surface area contributed by atoms with Crippen LogP contribution in [-0.4, -0.2) is 86.9 Å². The van der Waals surface area contributed by atoms with Crippen LogP contribution < -0.4 is 15.8 Å². The highest BCUT2D eigenvalue weighted by molar-refractivity contribution is 6.16. The topological polar surface area (TPSA) is 136 Å². The molecular formula is C23H28F3N7O4Si. The Morgan fingerprint density at radius 1 is 1.39 bits per heavy atom. The number of hydrogen-bond acceptors (Lipinski definition) is 9. The quantitative estimate of drug-likeness (QED) is 0.365. The third kappa shape index (κ3) is 6.32. The number of piperazine rings is 1. The number of amides is 1. The van der Waals surface area contributed by atoms with Crippen molar-refractivity contribution in [3.63, 3.8) is 0 Å². The van der Waals surface area contributed by atoms with Gasteiger partial charge in [0.1, 0.15) is 17.5 Å². The number of ether oxygens (including phenoxy) is 2. The molecule has 2 aliphatic rings. The van der Waals surface area contributed by atoms with E-state index in [2.05, 4.69) is 20.5 Å². The van der Waals surface area contributed by atoms with Crippen molar-refractivity contribution in [2.24, 2.45) is 0 Å². The molecule has 204 valence electrons. The Morgan fingerprint density at radius 2 is 2.18 bits per heavy atom.